The summed E-state index contributed by atoms with van der Waals surface area (Å²) in [5, 5.41) is 0. The summed E-state index contributed by atoms with van der Waals surface area (Å²) >= 11 is 0. The molecule has 0 aromatic heterocycles. The van der Waals surface area contributed by atoms with Gasteiger partial charge in [0.05, 0.1) is 12.2 Å². The Hall–Kier alpha value is -3.14. The molecule has 0 unspecified atom stereocenters. The minimum absolute atomic E-state index is 0.0694. The highest BCUT2D eigenvalue weighted by atomic mass is 19.4. The first kappa shape index (κ1) is 23.5. The van der Waals surface area contributed by atoms with Gasteiger partial charge in [0.1, 0.15) is 12.4 Å². The van der Waals surface area contributed by atoms with Crippen molar-refractivity contribution in [3.8, 4) is 0 Å². The molecule has 172 valence electrons. The van der Waals surface area contributed by atoms with E-state index < -0.39 is 23.5 Å². The summed E-state index contributed by atoms with van der Waals surface area (Å²) in [6, 6.07) is 10.4. The smallest absolute Gasteiger partial charge is 0.416 e. The fourth-order valence-electron chi connectivity index (χ4n) is 3.22. The minimum Gasteiger partial charge on any atom is -0.462 e. The average molecular weight is 453 g/mol. The summed E-state index contributed by atoms with van der Waals surface area (Å²) < 4.78 is 63.1. The zero-order chi connectivity index (χ0) is 23.1. The van der Waals surface area contributed by atoms with Crippen LogP contribution in [0.25, 0.3) is 0 Å². The lowest BCUT2D eigenvalue weighted by atomic mass is 10.1. The summed E-state index contributed by atoms with van der Waals surface area (Å²) in [5.41, 5.74) is -0.155. The second-order valence-corrected chi connectivity index (χ2v) is 7.07. The molecule has 0 aliphatic carbocycles. The zero-order valence-electron chi connectivity index (χ0n) is 17.4. The van der Waals surface area contributed by atoms with E-state index >= 15 is 0 Å². The van der Waals surface area contributed by atoms with E-state index in [0.717, 1.165) is 18.2 Å². The van der Waals surface area contributed by atoms with Gasteiger partial charge in [-0.05, 0) is 36.4 Å². The van der Waals surface area contributed by atoms with Crippen LogP contribution in [-0.2, 0) is 15.7 Å². The van der Waals surface area contributed by atoms with E-state index in [1.165, 1.54) is 31.4 Å². The van der Waals surface area contributed by atoms with Gasteiger partial charge >= 0.3 is 6.18 Å². The van der Waals surface area contributed by atoms with Crippen LogP contribution in [0.4, 0.5) is 23.2 Å². The number of hydrogen-bond donors (Lipinski definition) is 0. The zero-order valence-corrected chi connectivity index (χ0v) is 17.4. The molecule has 6 nitrogen and oxygen atoms in total. The summed E-state index contributed by atoms with van der Waals surface area (Å²) in [6.07, 6.45) is -4.41. The number of anilines is 1. The van der Waals surface area contributed by atoms with Crippen LogP contribution in [0, 0.1) is 5.82 Å². The van der Waals surface area contributed by atoms with E-state index in [9.17, 15) is 22.4 Å². The second kappa shape index (κ2) is 10.4. The Bertz CT molecular complexity index is 957. The normalized spacial score (nSPS) is 15.1. The van der Waals surface area contributed by atoms with E-state index in [1.54, 1.807) is 11.0 Å². The molecule has 1 heterocycles. The number of carbonyl (C=O) groups excluding carboxylic acids is 1. The molecule has 1 fully saturated rings. The molecule has 1 saturated heterocycles. The number of aliphatic imine (C=N–C) groups is 1. The number of alkyl halides is 3. The maximum Gasteiger partial charge on any atom is 0.416 e. The Kier molecular flexibility index (Phi) is 7.68. The third-order valence-corrected chi connectivity index (χ3v) is 4.88. The number of rotatable bonds is 5. The predicted molar refractivity (Wildman–Crippen MR) is 111 cm³/mol. The van der Waals surface area contributed by atoms with Crippen molar-refractivity contribution in [3.05, 3.63) is 65.5 Å². The van der Waals surface area contributed by atoms with Crippen molar-refractivity contribution < 1.29 is 31.8 Å². The van der Waals surface area contributed by atoms with Crippen LogP contribution >= 0.6 is 0 Å². The summed E-state index contributed by atoms with van der Waals surface area (Å²) in [7, 11) is 1.51. The summed E-state index contributed by atoms with van der Waals surface area (Å²) in [5.74, 6) is -1.21. The van der Waals surface area contributed by atoms with Gasteiger partial charge in [0.2, 0.25) is 0 Å². The van der Waals surface area contributed by atoms with Gasteiger partial charge in [-0.15, -0.1) is 0 Å². The first-order valence-corrected chi connectivity index (χ1v) is 9.95. The van der Waals surface area contributed by atoms with Gasteiger partial charge in [0.15, 0.2) is 0 Å². The number of hydrogen-bond acceptors (Lipinski definition) is 4. The fourth-order valence-corrected chi connectivity index (χ4v) is 3.22. The first-order chi connectivity index (χ1) is 15.3. The predicted octanol–water partition coefficient (Wildman–Crippen LogP) is 3.83. The number of carbonyl (C=O) groups is 1. The van der Waals surface area contributed by atoms with Crippen molar-refractivity contribution in [2.75, 3.05) is 51.4 Å². The van der Waals surface area contributed by atoms with Crippen molar-refractivity contribution in [3.63, 3.8) is 0 Å². The first-order valence-electron chi connectivity index (χ1n) is 9.95. The van der Waals surface area contributed by atoms with Gasteiger partial charge in [-0.2, -0.15) is 18.2 Å². The number of piperazine rings is 1. The van der Waals surface area contributed by atoms with Crippen molar-refractivity contribution in [2.45, 2.75) is 6.18 Å². The minimum atomic E-state index is -4.41. The molecular weight excluding hydrogens is 430 g/mol. The molecule has 0 atom stereocenters. The Morgan fingerprint density at radius 3 is 2.41 bits per heavy atom. The number of ether oxygens (including phenoxy) is 2. The number of amides is 1. The Balaban J connectivity index is 1.72. The maximum atomic E-state index is 13.4. The lowest BCUT2D eigenvalue weighted by molar-refractivity contribution is -0.137. The largest absolute Gasteiger partial charge is 0.462 e. The Morgan fingerprint density at radius 1 is 1.03 bits per heavy atom. The highest BCUT2D eigenvalue weighted by Crippen LogP contribution is 2.31. The molecule has 1 aliphatic heterocycles. The summed E-state index contributed by atoms with van der Waals surface area (Å²) in [6.45, 7) is 1.98. The van der Waals surface area contributed by atoms with Crippen molar-refractivity contribution in [2.24, 2.45) is 4.99 Å². The average Bonchev–Trinajstić information content (AvgIpc) is 2.78. The van der Waals surface area contributed by atoms with E-state index in [0.29, 0.717) is 31.9 Å². The molecule has 32 heavy (non-hydrogen) atoms. The monoisotopic (exact) mass is 453 g/mol. The molecular formula is C22H23F4N3O3. The molecule has 0 N–H and O–H groups in total. The number of halogens is 4. The number of methoxy groups -OCH3 is 1. The molecule has 10 heteroatoms. The van der Waals surface area contributed by atoms with Gasteiger partial charge in [0.25, 0.3) is 11.9 Å². The van der Waals surface area contributed by atoms with Crippen molar-refractivity contribution in [1.29, 1.82) is 0 Å². The topological polar surface area (TPSA) is 54.4 Å². The van der Waals surface area contributed by atoms with Crippen LogP contribution in [0.1, 0.15) is 15.9 Å². The third-order valence-electron chi connectivity index (χ3n) is 4.88. The quantitative estimate of drug-likeness (QED) is 0.298. The molecule has 0 radical (unpaired) electrons. The number of amidine groups is 1. The van der Waals surface area contributed by atoms with Crippen LogP contribution in [0.5, 0.6) is 0 Å². The highest BCUT2D eigenvalue weighted by molar-refractivity contribution is 6.01. The van der Waals surface area contributed by atoms with Gasteiger partial charge in [-0.25, -0.2) is 4.39 Å². The molecule has 1 amide bonds. The fraction of sp³-hybridized carbons (Fsp3) is 0.364. The van der Waals surface area contributed by atoms with Gasteiger partial charge < -0.3 is 19.3 Å². The van der Waals surface area contributed by atoms with Crippen LogP contribution in [0.2, 0.25) is 0 Å². The van der Waals surface area contributed by atoms with Crippen molar-refractivity contribution >= 4 is 17.6 Å². The van der Waals surface area contributed by atoms with Gasteiger partial charge in [0, 0.05) is 44.5 Å². The number of nitrogens with zero attached hydrogens (tertiary/aromatic N) is 3. The molecule has 2 aromatic rings. The standard InChI is InChI=1S/C22H23F4N3O3/c1-31-12-13-32-21(27-20(30)16-4-2-6-18(23)14-16)29-10-8-28(9-11-29)19-7-3-5-17(15-19)22(24,25)26/h2-7,14-15H,8-13H2,1H3. The van der Waals surface area contributed by atoms with Gasteiger partial charge in [-0.1, -0.05) is 12.1 Å². The lowest BCUT2D eigenvalue weighted by Gasteiger charge is -2.37. The van der Waals surface area contributed by atoms with E-state index in [-0.39, 0.29) is 24.8 Å². The van der Waals surface area contributed by atoms with E-state index in [4.69, 9.17) is 9.47 Å². The van der Waals surface area contributed by atoms with Gasteiger partial charge in [-0.3, -0.25) is 4.79 Å². The summed E-state index contributed by atoms with van der Waals surface area (Å²) in [4.78, 5) is 20.1. The maximum absolute atomic E-state index is 13.4. The molecule has 0 spiro atoms. The van der Waals surface area contributed by atoms with E-state index in [1.807, 2.05) is 4.90 Å². The lowest BCUT2D eigenvalue weighted by Crippen LogP contribution is -2.49. The molecule has 1 aliphatic rings. The van der Waals surface area contributed by atoms with Crippen LogP contribution in [0.15, 0.2) is 53.5 Å². The SMILES string of the molecule is COCCOC(=NC(=O)c1cccc(F)c1)N1CCN(c2cccc(C(F)(F)F)c2)CC1. The molecule has 3 rings (SSSR count). The van der Waals surface area contributed by atoms with E-state index in [2.05, 4.69) is 4.99 Å². The van der Waals surface area contributed by atoms with Crippen LogP contribution in [-0.4, -0.2) is 63.3 Å². The van der Waals surface area contributed by atoms with Crippen LogP contribution < -0.4 is 4.90 Å². The van der Waals surface area contributed by atoms with Crippen molar-refractivity contribution in [1.82, 2.24) is 4.90 Å². The Labute approximate surface area is 183 Å². The van der Waals surface area contributed by atoms with Crippen LogP contribution in [0.3, 0.4) is 0 Å². The molecule has 2 aromatic carbocycles. The second-order valence-electron chi connectivity index (χ2n) is 7.07. The Morgan fingerprint density at radius 2 is 1.75 bits per heavy atom. The molecule has 0 bridgehead atoms. The third kappa shape index (κ3) is 6.19. The highest BCUT2D eigenvalue weighted by Gasteiger charge is 2.31. The number of benzene rings is 2. The molecule has 0 saturated carbocycles.